The Hall–Kier alpha value is -1.36. The molecule has 1 saturated heterocycles. The van der Waals surface area contributed by atoms with E-state index < -0.39 is 11.9 Å². The van der Waals surface area contributed by atoms with Gasteiger partial charge in [-0.15, -0.1) is 0 Å². The average molecular weight is 340 g/mol. The predicted octanol–water partition coefficient (Wildman–Crippen LogP) is 2.70. The molecule has 0 saturated carbocycles. The Kier molecular flexibility index (Phi) is 5.17. The van der Waals surface area contributed by atoms with Crippen molar-refractivity contribution in [2.45, 2.75) is 25.7 Å². The number of carboxylic acids is 1. The van der Waals surface area contributed by atoms with Crippen molar-refractivity contribution in [3.63, 3.8) is 0 Å². The molecule has 1 heterocycles. The molecule has 1 aliphatic heterocycles. The number of hydrogen-bond acceptors (Lipinski definition) is 2. The molecule has 1 aromatic rings. The van der Waals surface area contributed by atoms with Gasteiger partial charge < -0.3 is 10.0 Å². The third kappa shape index (κ3) is 4.07. The summed E-state index contributed by atoms with van der Waals surface area (Å²) < 4.78 is 1.02. The average Bonchev–Trinajstić information content (AvgIpc) is 2.46. The number of carboxylic acid groups (broad SMARTS) is 1. The largest absolute Gasteiger partial charge is 0.481 e. The molecule has 1 atom stereocenters. The van der Waals surface area contributed by atoms with E-state index in [1.165, 1.54) is 0 Å². The Bertz CT molecular complexity index is 486. The number of aliphatic carboxylic acids is 1. The fourth-order valence-electron chi connectivity index (χ4n) is 2.47. The van der Waals surface area contributed by atoms with E-state index in [0.29, 0.717) is 32.4 Å². The van der Waals surface area contributed by atoms with Crippen molar-refractivity contribution in [2.75, 3.05) is 13.1 Å². The fraction of sp³-hybridized carbons (Fsp3) is 0.467. The second-order valence-electron chi connectivity index (χ2n) is 5.14. The predicted molar refractivity (Wildman–Crippen MR) is 79.4 cm³/mol. The number of halogens is 1. The summed E-state index contributed by atoms with van der Waals surface area (Å²) in [7, 11) is 0. The number of carbonyl (C=O) groups is 2. The van der Waals surface area contributed by atoms with Gasteiger partial charge in [-0.1, -0.05) is 28.1 Å². The molecule has 1 N–H and O–H groups in total. The van der Waals surface area contributed by atoms with Crippen LogP contribution in [0.5, 0.6) is 0 Å². The van der Waals surface area contributed by atoms with Gasteiger partial charge >= 0.3 is 5.97 Å². The normalized spacial score (nSPS) is 18.9. The van der Waals surface area contributed by atoms with Crippen molar-refractivity contribution in [3.8, 4) is 0 Å². The van der Waals surface area contributed by atoms with Gasteiger partial charge in [0.25, 0.3) is 0 Å². The highest BCUT2D eigenvalue weighted by Gasteiger charge is 2.27. The third-order valence-corrected chi connectivity index (χ3v) is 4.19. The number of nitrogens with zero attached hydrogens (tertiary/aromatic N) is 1. The highest BCUT2D eigenvalue weighted by Crippen LogP contribution is 2.18. The maximum absolute atomic E-state index is 12.1. The van der Waals surface area contributed by atoms with Crippen LogP contribution in [0.25, 0.3) is 0 Å². The first-order valence-electron chi connectivity index (χ1n) is 6.81. The third-order valence-electron chi connectivity index (χ3n) is 3.66. The number of aryl methyl sites for hydroxylation is 1. The lowest BCUT2D eigenvalue weighted by Gasteiger charge is -2.30. The lowest BCUT2D eigenvalue weighted by Crippen LogP contribution is -2.42. The van der Waals surface area contributed by atoms with Gasteiger partial charge in [0.1, 0.15) is 0 Å². The number of hydrogen-bond donors (Lipinski definition) is 1. The molecule has 5 heteroatoms. The van der Waals surface area contributed by atoms with Gasteiger partial charge in [0, 0.05) is 24.0 Å². The number of carbonyl (C=O) groups excluding carboxylic acids is 1. The summed E-state index contributed by atoms with van der Waals surface area (Å²) in [5.74, 6) is -1.14. The molecule has 0 radical (unpaired) electrons. The van der Waals surface area contributed by atoms with E-state index in [1.807, 2.05) is 24.3 Å². The first-order valence-corrected chi connectivity index (χ1v) is 7.60. The van der Waals surface area contributed by atoms with Gasteiger partial charge in [0.15, 0.2) is 0 Å². The maximum atomic E-state index is 12.1. The van der Waals surface area contributed by atoms with Crippen LogP contribution in [-0.2, 0) is 16.0 Å². The molecule has 2 rings (SSSR count). The molecule has 0 bridgehead atoms. The molecule has 1 aliphatic rings. The van der Waals surface area contributed by atoms with E-state index in [0.717, 1.165) is 16.5 Å². The van der Waals surface area contributed by atoms with E-state index in [1.54, 1.807) is 4.90 Å². The minimum absolute atomic E-state index is 0.0545. The molecule has 0 spiro atoms. The minimum Gasteiger partial charge on any atom is -0.481 e. The van der Waals surface area contributed by atoms with Crippen LogP contribution in [0, 0.1) is 5.92 Å². The van der Waals surface area contributed by atoms with Gasteiger partial charge in [0.2, 0.25) is 5.91 Å². The molecular formula is C15H18BrNO3. The fourth-order valence-corrected chi connectivity index (χ4v) is 2.73. The number of piperidine rings is 1. The van der Waals surface area contributed by atoms with Crippen LogP contribution in [0.3, 0.4) is 0 Å². The highest BCUT2D eigenvalue weighted by molar-refractivity contribution is 9.10. The summed E-state index contributed by atoms with van der Waals surface area (Å²) in [6, 6.07) is 7.91. The summed E-state index contributed by atoms with van der Waals surface area (Å²) in [5.41, 5.74) is 1.12. The topological polar surface area (TPSA) is 57.6 Å². The van der Waals surface area contributed by atoms with Crippen LogP contribution in [0.1, 0.15) is 24.8 Å². The van der Waals surface area contributed by atoms with Gasteiger partial charge in [0.05, 0.1) is 5.92 Å². The lowest BCUT2D eigenvalue weighted by molar-refractivity contribution is -0.145. The van der Waals surface area contributed by atoms with Gasteiger partial charge in [-0.05, 0) is 37.0 Å². The van der Waals surface area contributed by atoms with Gasteiger partial charge in [-0.2, -0.15) is 0 Å². The van der Waals surface area contributed by atoms with Crippen molar-refractivity contribution < 1.29 is 14.7 Å². The van der Waals surface area contributed by atoms with E-state index in [2.05, 4.69) is 15.9 Å². The van der Waals surface area contributed by atoms with Crippen molar-refractivity contribution in [1.82, 2.24) is 4.90 Å². The van der Waals surface area contributed by atoms with Crippen LogP contribution in [0.15, 0.2) is 28.7 Å². The van der Waals surface area contributed by atoms with Crippen LogP contribution in [0.2, 0.25) is 0 Å². The second kappa shape index (κ2) is 6.88. The molecule has 108 valence electrons. The summed E-state index contributed by atoms with van der Waals surface area (Å²) in [4.78, 5) is 24.8. The zero-order valence-corrected chi connectivity index (χ0v) is 12.8. The smallest absolute Gasteiger partial charge is 0.308 e. The Balaban J connectivity index is 1.85. The van der Waals surface area contributed by atoms with E-state index in [4.69, 9.17) is 5.11 Å². The van der Waals surface area contributed by atoms with Crippen LogP contribution >= 0.6 is 15.9 Å². The quantitative estimate of drug-likeness (QED) is 0.917. The Morgan fingerprint density at radius 3 is 2.65 bits per heavy atom. The molecule has 4 nitrogen and oxygen atoms in total. The molecular weight excluding hydrogens is 322 g/mol. The SMILES string of the molecule is O=C(O)[C@H]1CCCN(C(=O)CCc2ccc(Br)cc2)C1. The maximum Gasteiger partial charge on any atom is 0.308 e. The molecule has 1 amide bonds. The Morgan fingerprint density at radius 2 is 2.00 bits per heavy atom. The standard InChI is InChI=1S/C15H18BrNO3/c16-13-6-3-11(4-7-13)5-8-14(18)17-9-1-2-12(10-17)15(19)20/h3-4,6-7,12H,1-2,5,8-10H2,(H,19,20)/t12-/m0/s1. The second-order valence-corrected chi connectivity index (χ2v) is 6.06. The molecule has 1 fully saturated rings. The summed E-state index contributed by atoms with van der Waals surface area (Å²) >= 11 is 3.38. The molecule has 0 aliphatic carbocycles. The summed E-state index contributed by atoms with van der Waals surface area (Å²) in [5, 5.41) is 9.03. The summed E-state index contributed by atoms with van der Waals surface area (Å²) in [6.07, 6.45) is 2.58. The summed E-state index contributed by atoms with van der Waals surface area (Å²) in [6.45, 7) is 1.04. The lowest BCUT2D eigenvalue weighted by atomic mass is 9.97. The molecule has 0 unspecified atom stereocenters. The van der Waals surface area contributed by atoms with Crippen molar-refractivity contribution in [1.29, 1.82) is 0 Å². The molecule has 0 aromatic heterocycles. The van der Waals surface area contributed by atoms with Crippen LogP contribution < -0.4 is 0 Å². The van der Waals surface area contributed by atoms with Crippen LogP contribution in [0.4, 0.5) is 0 Å². The van der Waals surface area contributed by atoms with Crippen molar-refractivity contribution in [2.24, 2.45) is 5.92 Å². The number of rotatable bonds is 4. The van der Waals surface area contributed by atoms with E-state index >= 15 is 0 Å². The van der Waals surface area contributed by atoms with Crippen LogP contribution in [-0.4, -0.2) is 35.0 Å². The first-order chi connectivity index (χ1) is 9.56. The van der Waals surface area contributed by atoms with Crippen molar-refractivity contribution in [3.05, 3.63) is 34.3 Å². The molecule has 20 heavy (non-hydrogen) atoms. The zero-order valence-electron chi connectivity index (χ0n) is 11.2. The Morgan fingerprint density at radius 1 is 1.30 bits per heavy atom. The minimum atomic E-state index is -0.796. The van der Waals surface area contributed by atoms with E-state index in [9.17, 15) is 9.59 Å². The van der Waals surface area contributed by atoms with Crippen molar-refractivity contribution >= 4 is 27.8 Å². The Labute approximate surface area is 126 Å². The number of amides is 1. The highest BCUT2D eigenvalue weighted by atomic mass is 79.9. The zero-order chi connectivity index (χ0) is 14.5. The van der Waals surface area contributed by atoms with E-state index in [-0.39, 0.29) is 5.91 Å². The first kappa shape index (κ1) is 15.0. The number of likely N-dealkylation sites (tertiary alicyclic amines) is 1. The molecule has 1 aromatic carbocycles. The monoisotopic (exact) mass is 339 g/mol. The number of benzene rings is 1. The van der Waals surface area contributed by atoms with Gasteiger partial charge in [-0.3, -0.25) is 9.59 Å². The van der Waals surface area contributed by atoms with Gasteiger partial charge in [-0.25, -0.2) is 0 Å².